The Bertz CT molecular complexity index is 1490. The molecule has 0 unspecified atom stereocenters. The maximum Gasteiger partial charge on any atom is 0.264 e. The third-order valence-electron chi connectivity index (χ3n) is 7.53. The monoisotopic (exact) mass is 615 g/mol. The lowest BCUT2D eigenvalue weighted by Gasteiger charge is -2.33. The Balaban J connectivity index is 1.71. The Morgan fingerprint density at radius 2 is 1.59 bits per heavy atom. The van der Waals surface area contributed by atoms with Gasteiger partial charge in [0.2, 0.25) is 11.8 Å². The zero-order valence-corrected chi connectivity index (χ0v) is 25.8. The van der Waals surface area contributed by atoms with Gasteiger partial charge >= 0.3 is 0 Å². The molecule has 3 aromatic carbocycles. The highest BCUT2D eigenvalue weighted by Gasteiger charge is 2.34. The molecule has 0 radical (unpaired) electrons. The number of aryl methyl sites for hydroxylation is 1. The number of hydrogen-bond donors (Lipinski definition) is 1. The maximum atomic E-state index is 14.1. The van der Waals surface area contributed by atoms with E-state index in [2.05, 4.69) is 5.32 Å². The molecule has 3 aromatic rings. The van der Waals surface area contributed by atoms with Gasteiger partial charge in [-0.15, -0.1) is 0 Å². The summed E-state index contributed by atoms with van der Waals surface area (Å²) in [6.45, 7) is 4.82. The van der Waals surface area contributed by atoms with Crippen molar-refractivity contribution in [3.05, 3.63) is 93.5 Å². The molecular formula is C31H35Cl2N3O4S. The first-order chi connectivity index (χ1) is 19.5. The lowest BCUT2D eigenvalue weighted by atomic mass is 10.1. The Morgan fingerprint density at radius 3 is 2.22 bits per heavy atom. The number of amides is 2. The summed E-state index contributed by atoms with van der Waals surface area (Å²) in [4.78, 5) is 28.9. The summed E-state index contributed by atoms with van der Waals surface area (Å²) in [5.74, 6) is -0.796. The van der Waals surface area contributed by atoms with Crippen LogP contribution >= 0.6 is 23.2 Å². The molecular weight excluding hydrogens is 581 g/mol. The molecule has 1 aliphatic carbocycles. The Morgan fingerprint density at radius 1 is 0.951 bits per heavy atom. The molecule has 0 saturated heterocycles. The second-order valence-corrected chi connectivity index (χ2v) is 13.2. The van der Waals surface area contributed by atoms with Crippen molar-refractivity contribution in [2.24, 2.45) is 0 Å². The predicted molar refractivity (Wildman–Crippen MR) is 164 cm³/mol. The third kappa shape index (κ3) is 7.42. The van der Waals surface area contributed by atoms with Crippen LogP contribution < -0.4 is 9.62 Å². The maximum absolute atomic E-state index is 14.1. The molecule has 4 rings (SSSR count). The molecule has 0 aromatic heterocycles. The number of carbonyl (C=O) groups is 2. The van der Waals surface area contributed by atoms with Crippen molar-refractivity contribution in [1.82, 2.24) is 10.2 Å². The van der Waals surface area contributed by atoms with E-state index in [4.69, 9.17) is 23.2 Å². The van der Waals surface area contributed by atoms with Crippen LogP contribution in [0.3, 0.4) is 0 Å². The largest absolute Gasteiger partial charge is 0.352 e. The molecule has 10 heteroatoms. The number of hydrogen-bond acceptors (Lipinski definition) is 4. The summed E-state index contributed by atoms with van der Waals surface area (Å²) in [7, 11) is -4.17. The predicted octanol–water partition coefficient (Wildman–Crippen LogP) is 6.28. The first-order valence-corrected chi connectivity index (χ1v) is 15.9. The number of carbonyl (C=O) groups excluding carboxylic acids is 2. The van der Waals surface area contributed by atoms with Gasteiger partial charge in [-0.2, -0.15) is 0 Å². The van der Waals surface area contributed by atoms with Crippen molar-refractivity contribution in [2.75, 3.05) is 10.8 Å². The van der Waals surface area contributed by atoms with Gasteiger partial charge in [0.15, 0.2) is 0 Å². The van der Waals surface area contributed by atoms with Crippen LogP contribution in [0.5, 0.6) is 0 Å². The average molecular weight is 617 g/mol. The summed E-state index contributed by atoms with van der Waals surface area (Å²) in [6, 6.07) is 17.6. The van der Waals surface area contributed by atoms with E-state index in [9.17, 15) is 18.0 Å². The van der Waals surface area contributed by atoms with E-state index in [-0.39, 0.29) is 23.4 Å². The standard InChI is InChI=1S/C31H35Cl2N3O4S/c1-21-11-17-27(18-12-21)41(39,40)36(29-10-6-9-28(33)22(29)2)20-30(37)35(19-24-13-15-25(32)16-14-24)23(3)31(38)34-26-7-4-5-8-26/h6,9-18,23,26H,4-5,7-8,19-20H2,1-3H3,(H,34,38)/t23-/m1/s1. The number of halogens is 2. The van der Waals surface area contributed by atoms with Crippen molar-refractivity contribution < 1.29 is 18.0 Å². The average Bonchev–Trinajstić information content (AvgIpc) is 3.46. The first-order valence-electron chi connectivity index (χ1n) is 13.7. The minimum absolute atomic E-state index is 0.0477. The van der Waals surface area contributed by atoms with Gasteiger partial charge in [-0.3, -0.25) is 13.9 Å². The fraction of sp³-hybridized carbons (Fsp3) is 0.355. The van der Waals surface area contributed by atoms with Gasteiger partial charge in [0.1, 0.15) is 12.6 Å². The van der Waals surface area contributed by atoms with E-state index in [1.807, 2.05) is 6.92 Å². The van der Waals surface area contributed by atoms with Crippen LogP contribution in [0, 0.1) is 13.8 Å². The van der Waals surface area contributed by atoms with Gasteiger partial charge < -0.3 is 10.2 Å². The molecule has 7 nitrogen and oxygen atoms in total. The first kappa shape index (κ1) is 30.9. The zero-order valence-electron chi connectivity index (χ0n) is 23.4. The normalized spacial score (nSPS) is 14.5. The molecule has 1 saturated carbocycles. The SMILES string of the molecule is Cc1ccc(S(=O)(=O)N(CC(=O)N(Cc2ccc(Cl)cc2)[C@H](C)C(=O)NC2CCCC2)c2cccc(Cl)c2C)cc1. The summed E-state index contributed by atoms with van der Waals surface area (Å²) in [6.07, 6.45) is 3.91. The second kappa shape index (κ2) is 13.3. The summed E-state index contributed by atoms with van der Waals surface area (Å²) in [5, 5.41) is 3.99. The van der Waals surface area contributed by atoms with Gasteiger partial charge in [-0.1, -0.05) is 71.9 Å². The molecule has 1 fully saturated rings. The molecule has 0 heterocycles. The van der Waals surface area contributed by atoms with Gasteiger partial charge in [-0.25, -0.2) is 8.42 Å². The summed E-state index contributed by atoms with van der Waals surface area (Å²) < 4.78 is 29.1. The van der Waals surface area contributed by atoms with E-state index in [1.54, 1.807) is 68.4 Å². The second-order valence-electron chi connectivity index (χ2n) is 10.5. The van der Waals surface area contributed by atoms with Crippen molar-refractivity contribution >= 4 is 50.7 Å². The smallest absolute Gasteiger partial charge is 0.264 e. The van der Waals surface area contributed by atoms with Crippen LogP contribution in [-0.4, -0.2) is 43.8 Å². The quantitative estimate of drug-likeness (QED) is 0.291. The molecule has 218 valence electrons. The Kier molecular flexibility index (Phi) is 10.00. The molecule has 1 atom stereocenters. The lowest BCUT2D eigenvalue weighted by Crippen LogP contribution is -2.52. The highest BCUT2D eigenvalue weighted by molar-refractivity contribution is 7.92. The lowest BCUT2D eigenvalue weighted by molar-refractivity contribution is -0.139. The zero-order chi connectivity index (χ0) is 29.7. The number of rotatable bonds is 10. The molecule has 1 aliphatic rings. The van der Waals surface area contributed by atoms with Gasteiger partial charge in [-0.05, 0) is 81.1 Å². The summed E-state index contributed by atoms with van der Waals surface area (Å²) in [5.41, 5.74) is 2.48. The van der Waals surface area contributed by atoms with Gasteiger partial charge in [0.25, 0.3) is 10.0 Å². The van der Waals surface area contributed by atoms with E-state index in [0.29, 0.717) is 21.3 Å². The fourth-order valence-electron chi connectivity index (χ4n) is 4.98. The van der Waals surface area contributed by atoms with Gasteiger partial charge in [0, 0.05) is 22.6 Å². The topological polar surface area (TPSA) is 86.8 Å². The third-order valence-corrected chi connectivity index (χ3v) is 9.97. The van der Waals surface area contributed by atoms with Crippen LogP contribution in [0.2, 0.25) is 10.0 Å². The van der Waals surface area contributed by atoms with E-state index < -0.39 is 28.5 Å². The van der Waals surface area contributed by atoms with Crippen LogP contribution in [0.1, 0.15) is 49.3 Å². The minimum Gasteiger partial charge on any atom is -0.352 e. The van der Waals surface area contributed by atoms with Crippen LogP contribution in [0.4, 0.5) is 5.69 Å². The Labute approximate surface area is 252 Å². The molecule has 41 heavy (non-hydrogen) atoms. The van der Waals surface area contributed by atoms with Crippen LogP contribution in [0.25, 0.3) is 0 Å². The summed E-state index contributed by atoms with van der Waals surface area (Å²) >= 11 is 12.5. The number of nitrogens with one attached hydrogen (secondary N) is 1. The minimum atomic E-state index is -4.17. The Hall–Kier alpha value is -3.07. The van der Waals surface area contributed by atoms with E-state index >= 15 is 0 Å². The van der Waals surface area contributed by atoms with Crippen molar-refractivity contribution in [3.8, 4) is 0 Å². The van der Waals surface area contributed by atoms with Crippen molar-refractivity contribution in [1.29, 1.82) is 0 Å². The number of nitrogens with zero attached hydrogens (tertiary/aromatic N) is 2. The van der Waals surface area contributed by atoms with Crippen LogP contribution in [-0.2, 0) is 26.2 Å². The molecule has 0 aliphatic heterocycles. The van der Waals surface area contributed by atoms with Crippen molar-refractivity contribution in [3.63, 3.8) is 0 Å². The van der Waals surface area contributed by atoms with Crippen LogP contribution in [0.15, 0.2) is 71.6 Å². The highest BCUT2D eigenvalue weighted by atomic mass is 35.5. The highest BCUT2D eigenvalue weighted by Crippen LogP contribution is 2.31. The molecule has 0 spiro atoms. The van der Waals surface area contributed by atoms with E-state index in [1.165, 1.54) is 17.0 Å². The van der Waals surface area contributed by atoms with Crippen molar-refractivity contribution in [2.45, 2.75) is 70.0 Å². The van der Waals surface area contributed by atoms with E-state index in [0.717, 1.165) is 41.1 Å². The number of anilines is 1. The number of sulfonamides is 1. The molecule has 0 bridgehead atoms. The molecule has 1 N–H and O–H groups in total. The molecule has 2 amide bonds. The van der Waals surface area contributed by atoms with Gasteiger partial charge in [0.05, 0.1) is 10.6 Å². The number of benzene rings is 3. The fourth-order valence-corrected chi connectivity index (χ4v) is 6.75.